The largest absolute Gasteiger partial charge is 0.367 e. The Kier molecular flexibility index (Phi) is 4.84. The highest BCUT2D eigenvalue weighted by molar-refractivity contribution is 6.33. The fourth-order valence-corrected chi connectivity index (χ4v) is 3.52. The summed E-state index contributed by atoms with van der Waals surface area (Å²) in [5.41, 5.74) is 0.844. The minimum absolute atomic E-state index is 0.169. The molecule has 0 radical (unpaired) electrons. The van der Waals surface area contributed by atoms with Crippen molar-refractivity contribution in [1.82, 2.24) is 10.2 Å². The number of carbonyl (C=O) groups is 1. The quantitative estimate of drug-likeness (QED) is 0.905. The second kappa shape index (κ2) is 6.84. The normalized spacial score (nSPS) is 20.3. The SMILES string of the molecule is O=C(C1CCNCC1)N1CCN(c2ccc(F)cc2Cl)CC1. The molecule has 2 fully saturated rings. The second-order valence-corrected chi connectivity index (χ2v) is 6.34. The lowest BCUT2D eigenvalue weighted by molar-refractivity contribution is -0.136. The molecule has 2 heterocycles. The van der Waals surface area contributed by atoms with E-state index in [1.807, 2.05) is 4.90 Å². The van der Waals surface area contributed by atoms with Crippen LogP contribution in [0.25, 0.3) is 0 Å². The van der Waals surface area contributed by atoms with Gasteiger partial charge in [0.15, 0.2) is 0 Å². The number of piperazine rings is 1. The van der Waals surface area contributed by atoms with Gasteiger partial charge in [0.05, 0.1) is 10.7 Å². The molecule has 0 atom stereocenters. The lowest BCUT2D eigenvalue weighted by Crippen LogP contribution is -2.51. The summed E-state index contributed by atoms with van der Waals surface area (Å²) >= 11 is 6.11. The van der Waals surface area contributed by atoms with Gasteiger partial charge in [0, 0.05) is 32.1 Å². The maximum Gasteiger partial charge on any atom is 0.225 e. The van der Waals surface area contributed by atoms with Gasteiger partial charge in [-0.3, -0.25) is 4.79 Å². The number of hydrogen-bond donors (Lipinski definition) is 1. The van der Waals surface area contributed by atoms with Crippen LogP contribution in [0.2, 0.25) is 5.02 Å². The molecule has 0 saturated carbocycles. The van der Waals surface area contributed by atoms with Gasteiger partial charge in [-0.05, 0) is 44.1 Å². The fraction of sp³-hybridized carbons (Fsp3) is 0.562. The van der Waals surface area contributed by atoms with Crippen molar-refractivity contribution in [2.45, 2.75) is 12.8 Å². The molecule has 0 unspecified atom stereocenters. The summed E-state index contributed by atoms with van der Waals surface area (Å²) in [6.07, 6.45) is 1.87. The number of carbonyl (C=O) groups excluding carboxylic acids is 1. The van der Waals surface area contributed by atoms with E-state index in [-0.39, 0.29) is 17.6 Å². The maximum atomic E-state index is 13.1. The average Bonchev–Trinajstić information content (AvgIpc) is 2.55. The van der Waals surface area contributed by atoms with Gasteiger partial charge in [0.2, 0.25) is 5.91 Å². The predicted octanol–water partition coefficient (Wildman–Crippen LogP) is 2.13. The molecule has 2 aliphatic heterocycles. The summed E-state index contributed by atoms with van der Waals surface area (Å²) in [7, 11) is 0. The number of benzene rings is 1. The first-order valence-corrected chi connectivity index (χ1v) is 8.22. The monoisotopic (exact) mass is 325 g/mol. The molecule has 3 rings (SSSR count). The van der Waals surface area contributed by atoms with Crippen molar-refractivity contribution in [3.63, 3.8) is 0 Å². The highest BCUT2D eigenvalue weighted by Gasteiger charge is 2.28. The Labute approximate surface area is 135 Å². The number of halogens is 2. The third kappa shape index (κ3) is 3.36. The van der Waals surface area contributed by atoms with Crippen molar-refractivity contribution in [3.8, 4) is 0 Å². The first-order chi connectivity index (χ1) is 10.6. The molecule has 4 nitrogen and oxygen atoms in total. The van der Waals surface area contributed by atoms with E-state index in [2.05, 4.69) is 10.2 Å². The highest BCUT2D eigenvalue weighted by atomic mass is 35.5. The fourth-order valence-electron chi connectivity index (χ4n) is 3.23. The zero-order valence-electron chi connectivity index (χ0n) is 12.5. The Morgan fingerprint density at radius 1 is 1.18 bits per heavy atom. The van der Waals surface area contributed by atoms with E-state index in [4.69, 9.17) is 11.6 Å². The maximum absolute atomic E-state index is 13.1. The standard InChI is InChI=1S/C16H21ClFN3O/c17-14-11-13(18)1-2-15(14)20-7-9-21(10-8-20)16(22)12-3-5-19-6-4-12/h1-2,11-12,19H,3-10H2. The van der Waals surface area contributed by atoms with Gasteiger partial charge in [0.1, 0.15) is 5.82 Å². The van der Waals surface area contributed by atoms with Crippen LogP contribution >= 0.6 is 11.6 Å². The summed E-state index contributed by atoms with van der Waals surface area (Å²) in [4.78, 5) is 16.6. The molecule has 0 spiro atoms. The van der Waals surface area contributed by atoms with E-state index in [0.717, 1.165) is 44.7 Å². The van der Waals surface area contributed by atoms with E-state index in [0.29, 0.717) is 18.1 Å². The molecule has 1 N–H and O–H groups in total. The first-order valence-electron chi connectivity index (χ1n) is 7.84. The van der Waals surface area contributed by atoms with Crippen LogP contribution in [0.4, 0.5) is 10.1 Å². The summed E-state index contributed by atoms with van der Waals surface area (Å²) in [6.45, 7) is 4.75. The average molecular weight is 326 g/mol. The van der Waals surface area contributed by atoms with E-state index >= 15 is 0 Å². The molecule has 22 heavy (non-hydrogen) atoms. The Bertz CT molecular complexity index is 540. The van der Waals surface area contributed by atoms with Crippen molar-refractivity contribution in [1.29, 1.82) is 0 Å². The number of amides is 1. The molecule has 6 heteroatoms. The van der Waals surface area contributed by atoms with Gasteiger partial charge in [-0.2, -0.15) is 0 Å². The minimum atomic E-state index is -0.325. The zero-order chi connectivity index (χ0) is 15.5. The summed E-state index contributed by atoms with van der Waals surface area (Å²) in [5, 5.41) is 3.72. The van der Waals surface area contributed by atoms with E-state index < -0.39 is 0 Å². The van der Waals surface area contributed by atoms with Gasteiger partial charge >= 0.3 is 0 Å². The molecule has 2 aliphatic rings. The molecule has 0 aliphatic carbocycles. The topological polar surface area (TPSA) is 35.6 Å². The van der Waals surface area contributed by atoms with Gasteiger partial charge in [-0.25, -0.2) is 4.39 Å². The minimum Gasteiger partial charge on any atom is -0.367 e. The summed E-state index contributed by atoms with van der Waals surface area (Å²) < 4.78 is 13.1. The van der Waals surface area contributed by atoms with Gasteiger partial charge < -0.3 is 15.1 Å². The number of nitrogens with zero attached hydrogens (tertiary/aromatic N) is 2. The van der Waals surface area contributed by atoms with Crippen LogP contribution < -0.4 is 10.2 Å². The van der Waals surface area contributed by atoms with Crippen LogP contribution in [-0.2, 0) is 4.79 Å². The number of nitrogens with one attached hydrogen (secondary N) is 1. The molecule has 1 aromatic carbocycles. The van der Waals surface area contributed by atoms with Gasteiger partial charge in [-0.15, -0.1) is 0 Å². The number of hydrogen-bond acceptors (Lipinski definition) is 3. The number of piperidine rings is 1. The van der Waals surface area contributed by atoms with Gasteiger partial charge in [0.25, 0.3) is 0 Å². The zero-order valence-corrected chi connectivity index (χ0v) is 13.3. The van der Waals surface area contributed by atoms with Crippen molar-refractivity contribution in [2.75, 3.05) is 44.2 Å². The third-order valence-corrected chi connectivity index (χ3v) is 4.83. The molecular weight excluding hydrogens is 305 g/mol. The predicted molar refractivity (Wildman–Crippen MR) is 85.8 cm³/mol. The van der Waals surface area contributed by atoms with Gasteiger partial charge in [-0.1, -0.05) is 11.6 Å². The Morgan fingerprint density at radius 3 is 2.50 bits per heavy atom. The van der Waals surface area contributed by atoms with Crippen LogP contribution in [0, 0.1) is 11.7 Å². The van der Waals surface area contributed by atoms with E-state index in [1.54, 1.807) is 6.07 Å². The smallest absolute Gasteiger partial charge is 0.225 e. The molecule has 0 aromatic heterocycles. The summed E-state index contributed by atoms with van der Waals surface area (Å²) in [5.74, 6) is 0.127. The molecule has 1 aromatic rings. The molecular formula is C16H21ClFN3O. The molecule has 120 valence electrons. The van der Waals surface area contributed by atoms with Crippen LogP contribution in [0.1, 0.15) is 12.8 Å². The molecule has 0 bridgehead atoms. The van der Waals surface area contributed by atoms with Crippen molar-refractivity contribution in [3.05, 3.63) is 29.0 Å². The van der Waals surface area contributed by atoms with E-state index in [1.165, 1.54) is 12.1 Å². The number of anilines is 1. The van der Waals surface area contributed by atoms with Crippen LogP contribution in [-0.4, -0.2) is 50.1 Å². The highest BCUT2D eigenvalue weighted by Crippen LogP contribution is 2.27. The Balaban J connectivity index is 1.59. The van der Waals surface area contributed by atoms with Crippen LogP contribution in [0.5, 0.6) is 0 Å². The van der Waals surface area contributed by atoms with Crippen molar-refractivity contribution >= 4 is 23.2 Å². The van der Waals surface area contributed by atoms with Crippen LogP contribution in [0.3, 0.4) is 0 Å². The lowest BCUT2D eigenvalue weighted by atomic mass is 9.96. The van der Waals surface area contributed by atoms with Crippen LogP contribution in [0.15, 0.2) is 18.2 Å². The Morgan fingerprint density at radius 2 is 1.86 bits per heavy atom. The van der Waals surface area contributed by atoms with Crippen molar-refractivity contribution in [2.24, 2.45) is 5.92 Å². The van der Waals surface area contributed by atoms with Crippen molar-refractivity contribution < 1.29 is 9.18 Å². The summed E-state index contributed by atoms with van der Waals surface area (Å²) in [6, 6.07) is 4.47. The second-order valence-electron chi connectivity index (χ2n) is 5.93. The first kappa shape index (κ1) is 15.6. The third-order valence-electron chi connectivity index (χ3n) is 4.53. The number of rotatable bonds is 2. The Hall–Kier alpha value is -1.33. The molecule has 1 amide bonds. The van der Waals surface area contributed by atoms with E-state index in [9.17, 15) is 9.18 Å². The lowest BCUT2D eigenvalue weighted by Gasteiger charge is -2.38. The molecule has 2 saturated heterocycles.